The van der Waals surface area contributed by atoms with Crippen LogP contribution in [0.15, 0.2) is 42.6 Å². The Morgan fingerprint density at radius 2 is 1.73 bits per heavy atom. The van der Waals surface area contributed by atoms with Crippen molar-refractivity contribution in [1.82, 2.24) is 35.8 Å². The molecule has 0 fully saturated rings. The highest BCUT2D eigenvalue weighted by molar-refractivity contribution is 5.99. The molecule has 2 aliphatic rings. The topological polar surface area (TPSA) is 178 Å². The normalized spacial score (nSPS) is 20.4. The average Bonchev–Trinajstić information content (AvgIpc) is 3.77. The fourth-order valence-electron chi connectivity index (χ4n) is 6.01. The lowest BCUT2D eigenvalue weighted by atomic mass is 10.0. The van der Waals surface area contributed by atoms with E-state index in [2.05, 4.69) is 31.2 Å². The van der Waals surface area contributed by atoms with Gasteiger partial charge in [0.25, 0.3) is 5.91 Å². The smallest absolute Gasteiger partial charge is 0.252 e. The van der Waals surface area contributed by atoms with Crippen LogP contribution in [0, 0.1) is 5.92 Å². The number of carbonyl (C=O) groups excluding carboxylic acids is 3. The summed E-state index contributed by atoms with van der Waals surface area (Å²) in [4.78, 5) is 42.4. The highest BCUT2D eigenvalue weighted by atomic mass is 16.7. The third-order valence-corrected chi connectivity index (χ3v) is 8.68. The molecule has 2 aromatic carbocycles. The molecule has 1 aromatic heterocycles. The van der Waals surface area contributed by atoms with Gasteiger partial charge in [-0.25, -0.2) is 0 Å². The number of aryl methyl sites for hydroxylation is 1. The number of fused-ring (bicyclic) bond motifs is 5. The van der Waals surface area contributed by atoms with Crippen molar-refractivity contribution in [2.45, 2.75) is 84.3 Å². The number of ether oxygens (including phenoxy) is 4. The SMILES string of the molecule is COc1ccc2cc1OCc1cn(nn1)CCCN(Cc1ccc3c(c1)OCO3)CCCCNC(=O)[C@H]([C@@H](C)O)NC(=O)[C@@H](CC(C)C)NC2=O. The van der Waals surface area contributed by atoms with Crippen LogP contribution in [0.2, 0.25) is 0 Å². The van der Waals surface area contributed by atoms with Gasteiger partial charge in [0.05, 0.1) is 19.4 Å². The minimum atomic E-state index is -1.20. The van der Waals surface area contributed by atoms with Gasteiger partial charge >= 0.3 is 0 Å². The quantitative estimate of drug-likeness (QED) is 0.296. The number of nitrogens with zero attached hydrogens (tertiary/aromatic N) is 4. The maximum atomic E-state index is 13.5. The Hall–Kier alpha value is -4.89. The predicted octanol–water partition coefficient (Wildman–Crippen LogP) is 2.41. The van der Waals surface area contributed by atoms with Gasteiger partial charge in [0, 0.05) is 31.7 Å². The van der Waals surface area contributed by atoms with Crippen LogP contribution in [-0.4, -0.2) is 94.4 Å². The summed E-state index contributed by atoms with van der Waals surface area (Å²) in [6.07, 6.45) is 3.27. The number of amides is 3. The number of methoxy groups -OCH3 is 1. The van der Waals surface area contributed by atoms with Crippen LogP contribution in [0.5, 0.6) is 23.0 Å². The van der Waals surface area contributed by atoms with Gasteiger partial charge in [-0.3, -0.25) is 24.0 Å². The Bertz CT molecular complexity index is 1650. The molecular formula is C36H49N7O8. The molecule has 5 rings (SSSR count). The highest BCUT2D eigenvalue weighted by Gasteiger charge is 2.30. The fourth-order valence-corrected chi connectivity index (χ4v) is 6.01. The standard InChI is InChI=1S/C36H49N7O8/c1-23(2)16-28-35(46)39-33(24(3)44)36(47)37-12-5-6-13-42(19-25-8-10-30-31(17-25)51-22-50-30)14-7-15-43-20-27(40-41-43)21-49-32-18-26(34(45)38-28)9-11-29(32)48-4/h8-11,17-18,20,23-24,28,33,44H,5-7,12-16,19,21-22H2,1-4H3,(H,37,47)(H,38,45)(H,39,46)/t24-,28-,33+/m1/s1. The second kappa shape index (κ2) is 17.9. The molecule has 0 saturated heterocycles. The molecule has 0 unspecified atom stereocenters. The first-order chi connectivity index (χ1) is 24.6. The van der Waals surface area contributed by atoms with Crippen molar-refractivity contribution in [1.29, 1.82) is 0 Å². The monoisotopic (exact) mass is 707 g/mol. The number of carbonyl (C=O) groups is 3. The highest BCUT2D eigenvalue weighted by Crippen LogP contribution is 2.33. The number of aliphatic hydroxyl groups excluding tert-OH is 1. The van der Waals surface area contributed by atoms with Crippen molar-refractivity contribution in [3.05, 3.63) is 59.4 Å². The lowest BCUT2D eigenvalue weighted by Gasteiger charge is -2.26. The lowest BCUT2D eigenvalue weighted by Crippen LogP contribution is -2.57. The third kappa shape index (κ3) is 10.6. The van der Waals surface area contributed by atoms with Crippen LogP contribution in [0.1, 0.15) is 68.1 Å². The maximum Gasteiger partial charge on any atom is 0.252 e. The van der Waals surface area contributed by atoms with E-state index in [0.717, 1.165) is 43.0 Å². The molecule has 4 bridgehead atoms. The van der Waals surface area contributed by atoms with Gasteiger partial charge in [-0.1, -0.05) is 25.1 Å². The molecule has 15 nitrogen and oxygen atoms in total. The molecule has 15 heteroatoms. The van der Waals surface area contributed by atoms with Gasteiger partial charge in [-0.15, -0.1) is 5.10 Å². The van der Waals surface area contributed by atoms with E-state index in [4.69, 9.17) is 18.9 Å². The number of nitrogens with one attached hydrogen (secondary N) is 3. The van der Waals surface area contributed by atoms with Gasteiger partial charge in [-0.2, -0.15) is 0 Å². The Morgan fingerprint density at radius 3 is 2.51 bits per heavy atom. The van der Waals surface area contributed by atoms with Crippen molar-refractivity contribution in [3.8, 4) is 23.0 Å². The van der Waals surface area contributed by atoms with E-state index in [1.807, 2.05) is 38.2 Å². The van der Waals surface area contributed by atoms with Gasteiger partial charge in [0.1, 0.15) is 24.4 Å². The van der Waals surface area contributed by atoms with Crippen molar-refractivity contribution >= 4 is 17.7 Å². The Labute approximate surface area is 298 Å². The van der Waals surface area contributed by atoms with E-state index in [9.17, 15) is 19.5 Å². The van der Waals surface area contributed by atoms with Crippen molar-refractivity contribution in [3.63, 3.8) is 0 Å². The first kappa shape index (κ1) is 37.4. The molecule has 0 saturated carbocycles. The number of benzene rings is 2. The predicted molar refractivity (Wildman–Crippen MR) is 186 cm³/mol. The second-order valence-corrected chi connectivity index (χ2v) is 13.3. The number of hydrogen-bond acceptors (Lipinski definition) is 11. The Morgan fingerprint density at radius 1 is 0.922 bits per heavy atom. The fraction of sp³-hybridized carbons (Fsp3) is 0.528. The van der Waals surface area contributed by atoms with Crippen LogP contribution >= 0.6 is 0 Å². The minimum absolute atomic E-state index is 0.0412. The van der Waals surface area contributed by atoms with Crippen LogP contribution in [0.3, 0.4) is 0 Å². The summed E-state index contributed by atoms with van der Waals surface area (Å²) in [5, 5.41) is 27.4. The van der Waals surface area contributed by atoms with Crippen LogP contribution in [-0.2, 0) is 29.3 Å². The number of rotatable bonds is 6. The molecule has 4 N–H and O–H groups in total. The molecule has 2 aliphatic heterocycles. The van der Waals surface area contributed by atoms with E-state index in [-0.39, 0.29) is 24.9 Å². The third-order valence-electron chi connectivity index (χ3n) is 8.68. The first-order valence-corrected chi connectivity index (χ1v) is 17.5. The van der Waals surface area contributed by atoms with E-state index >= 15 is 0 Å². The number of hydrogen-bond donors (Lipinski definition) is 4. The summed E-state index contributed by atoms with van der Waals surface area (Å²) in [6.45, 7) is 8.88. The Kier molecular flexibility index (Phi) is 13.1. The molecule has 3 amide bonds. The van der Waals surface area contributed by atoms with E-state index < -0.39 is 35.9 Å². The zero-order chi connectivity index (χ0) is 36.3. The second-order valence-electron chi connectivity index (χ2n) is 13.3. The van der Waals surface area contributed by atoms with E-state index in [0.29, 0.717) is 49.7 Å². The summed E-state index contributed by atoms with van der Waals surface area (Å²) < 4.78 is 24.3. The van der Waals surface area contributed by atoms with Crippen molar-refractivity contribution in [2.24, 2.45) is 5.92 Å². The molecule has 0 radical (unpaired) electrons. The minimum Gasteiger partial charge on any atom is -0.493 e. The number of aromatic nitrogens is 3. The average molecular weight is 708 g/mol. The Balaban J connectivity index is 1.35. The van der Waals surface area contributed by atoms with E-state index in [1.165, 1.54) is 14.0 Å². The molecular weight excluding hydrogens is 658 g/mol. The summed E-state index contributed by atoms with van der Waals surface area (Å²) in [5.41, 5.74) is 1.96. The van der Waals surface area contributed by atoms with Crippen molar-refractivity contribution < 1.29 is 38.4 Å². The van der Waals surface area contributed by atoms with Gasteiger partial charge in [-0.05, 0) is 81.0 Å². The van der Waals surface area contributed by atoms with Gasteiger partial charge in [0.15, 0.2) is 23.0 Å². The maximum absolute atomic E-state index is 13.5. The molecule has 0 aliphatic carbocycles. The number of aliphatic hydroxyl groups is 1. The molecule has 3 atom stereocenters. The molecule has 3 heterocycles. The molecule has 51 heavy (non-hydrogen) atoms. The summed E-state index contributed by atoms with van der Waals surface area (Å²) in [7, 11) is 1.50. The van der Waals surface area contributed by atoms with Gasteiger partial charge < -0.3 is 40.0 Å². The van der Waals surface area contributed by atoms with Crippen LogP contribution < -0.4 is 34.9 Å². The molecule has 3 aromatic rings. The summed E-state index contributed by atoms with van der Waals surface area (Å²) in [6, 6.07) is 8.54. The zero-order valence-electron chi connectivity index (χ0n) is 29.7. The van der Waals surface area contributed by atoms with Crippen LogP contribution in [0.25, 0.3) is 0 Å². The van der Waals surface area contributed by atoms with E-state index in [1.54, 1.807) is 22.9 Å². The molecule has 276 valence electrons. The zero-order valence-corrected chi connectivity index (χ0v) is 29.7. The largest absolute Gasteiger partial charge is 0.493 e. The van der Waals surface area contributed by atoms with Crippen molar-refractivity contribution in [2.75, 3.05) is 33.5 Å². The summed E-state index contributed by atoms with van der Waals surface area (Å²) in [5.74, 6) is 0.689. The molecule has 0 spiro atoms. The lowest BCUT2D eigenvalue weighted by molar-refractivity contribution is -0.132. The first-order valence-electron chi connectivity index (χ1n) is 17.5. The van der Waals surface area contributed by atoms with Gasteiger partial charge in [0.2, 0.25) is 18.6 Å². The summed E-state index contributed by atoms with van der Waals surface area (Å²) >= 11 is 0. The van der Waals surface area contributed by atoms with Crippen LogP contribution in [0.4, 0.5) is 0 Å².